The first kappa shape index (κ1) is 25.0. The highest BCUT2D eigenvalue weighted by molar-refractivity contribution is 9.10. The first-order chi connectivity index (χ1) is 15.9. The molecule has 3 aromatic rings. The molecule has 2 aromatic carbocycles. The van der Waals surface area contributed by atoms with Gasteiger partial charge in [-0.15, -0.1) is 0 Å². The fraction of sp³-hybridized carbons (Fsp3) is 0.464. The number of hydrogen-bond acceptors (Lipinski definition) is 4. The lowest BCUT2D eigenvalue weighted by atomic mass is 9.79. The van der Waals surface area contributed by atoms with Gasteiger partial charge in [0.2, 0.25) is 0 Å². The molecule has 0 amide bonds. The van der Waals surface area contributed by atoms with Crippen molar-refractivity contribution < 1.29 is 14.3 Å². The zero-order chi connectivity index (χ0) is 24.8. The molecule has 2 atom stereocenters. The number of hydrogen-bond donors (Lipinski definition) is 0. The van der Waals surface area contributed by atoms with E-state index in [0.717, 1.165) is 34.0 Å². The lowest BCUT2D eigenvalue weighted by molar-refractivity contribution is -0.181. The van der Waals surface area contributed by atoms with E-state index in [0.29, 0.717) is 6.61 Å². The van der Waals surface area contributed by atoms with E-state index < -0.39 is 5.60 Å². The van der Waals surface area contributed by atoms with Crippen LogP contribution in [0.5, 0.6) is 0 Å². The second kappa shape index (κ2) is 9.14. The van der Waals surface area contributed by atoms with Crippen molar-refractivity contribution in [1.82, 2.24) is 9.47 Å². The molecule has 1 aliphatic heterocycles. The van der Waals surface area contributed by atoms with Crippen molar-refractivity contribution in [3.05, 3.63) is 69.3 Å². The van der Waals surface area contributed by atoms with E-state index in [1.54, 1.807) is 4.57 Å². The molecule has 1 fully saturated rings. The lowest BCUT2D eigenvalue weighted by Crippen LogP contribution is -2.62. The number of fused-ring (bicyclic) bond motifs is 1. The second-order valence-corrected chi connectivity index (χ2v) is 11.4. The highest BCUT2D eigenvalue weighted by Gasteiger charge is 2.50. The van der Waals surface area contributed by atoms with Gasteiger partial charge in [0.1, 0.15) is 5.60 Å². The largest absolute Gasteiger partial charge is 0.443 e. The SMILES string of the molecule is CCOC1(C)CN(Cc2c(C)cc(C)c3c2ccn3C(=O)OC(C)(C)C)C1c1ccc(Br)cc1. The monoisotopic (exact) mass is 526 g/mol. The van der Waals surface area contributed by atoms with Gasteiger partial charge in [0.05, 0.1) is 17.2 Å². The number of carbonyl (C=O) groups excluding carboxylic acids is 1. The molecule has 0 bridgehead atoms. The molecule has 1 saturated heterocycles. The normalized spacial score (nSPS) is 21.0. The fourth-order valence-corrected chi connectivity index (χ4v) is 5.58. The number of aromatic nitrogens is 1. The third kappa shape index (κ3) is 4.68. The molecule has 5 nitrogen and oxygen atoms in total. The van der Waals surface area contributed by atoms with Crippen LogP contribution in [0.15, 0.2) is 47.1 Å². The van der Waals surface area contributed by atoms with Crippen LogP contribution in [0.25, 0.3) is 10.9 Å². The van der Waals surface area contributed by atoms with E-state index in [4.69, 9.17) is 9.47 Å². The highest BCUT2D eigenvalue weighted by atomic mass is 79.9. The molecule has 4 rings (SSSR count). The van der Waals surface area contributed by atoms with Gasteiger partial charge in [-0.25, -0.2) is 4.79 Å². The number of halogens is 1. The van der Waals surface area contributed by atoms with Gasteiger partial charge >= 0.3 is 6.09 Å². The van der Waals surface area contributed by atoms with Crippen LogP contribution in [0.3, 0.4) is 0 Å². The quantitative estimate of drug-likeness (QED) is 0.353. The smallest absolute Gasteiger partial charge is 0.418 e. The Hall–Kier alpha value is -2.15. The Labute approximate surface area is 211 Å². The number of nitrogens with zero attached hydrogens (tertiary/aromatic N) is 2. The zero-order valence-electron chi connectivity index (χ0n) is 21.2. The number of ether oxygens (including phenoxy) is 2. The topological polar surface area (TPSA) is 43.7 Å². The number of benzene rings is 2. The van der Waals surface area contributed by atoms with Gasteiger partial charge in [-0.3, -0.25) is 9.47 Å². The van der Waals surface area contributed by atoms with Crippen LogP contribution in [0, 0.1) is 13.8 Å². The Morgan fingerprint density at radius 3 is 2.44 bits per heavy atom. The maximum absolute atomic E-state index is 12.9. The molecule has 1 aromatic heterocycles. The van der Waals surface area contributed by atoms with E-state index in [1.807, 2.05) is 33.0 Å². The summed E-state index contributed by atoms with van der Waals surface area (Å²) >= 11 is 3.55. The van der Waals surface area contributed by atoms with Crippen LogP contribution >= 0.6 is 15.9 Å². The molecule has 1 aliphatic rings. The van der Waals surface area contributed by atoms with Crippen molar-refractivity contribution in [2.24, 2.45) is 0 Å². The van der Waals surface area contributed by atoms with Crippen molar-refractivity contribution in [3.63, 3.8) is 0 Å². The van der Waals surface area contributed by atoms with Crippen molar-refractivity contribution >= 4 is 32.9 Å². The van der Waals surface area contributed by atoms with Crippen molar-refractivity contribution in [2.45, 2.75) is 72.3 Å². The van der Waals surface area contributed by atoms with Gasteiger partial charge in [0.15, 0.2) is 0 Å². The zero-order valence-corrected chi connectivity index (χ0v) is 22.8. The summed E-state index contributed by atoms with van der Waals surface area (Å²) in [5.74, 6) is 0. The number of likely N-dealkylation sites (tertiary alicyclic amines) is 1. The summed E-state index contributed by atoms with van der Waals surface area (Å²) in [5, 5.41) is 1.10. The number of aryl methyl sites for hydroxylation is 2. The summed E-state index contributed by atoms with van der Waals surface area (Å²) < 4.78 is 14.6. The molecular weight excluding hydrogens is 492 g/mol. The Morgan fingerprint density at radius 2 is 1.82 bits per heavy atom. The van der Waals surface area contributed by atoms with Crippen LogP contribution in [0.4, 0.5) is 4.79 Å². The summed E-state index contributed by atoms with van der Waals surface area (Å²) in [6, 6.07) is 12.9. The van der Waals surface area contributed by atoms with Gasteiger partial charge in [-0.1, -0.05) is 34.1 Å². The third-order valence-electron chi connectivity index (χ3n) is 6.57. The Morgan fingerprint density at radius 1 is 1.15 bits per heavy atom. The average molecular weight is 528 g/mol. The minimum atomic E-state index is -0.547. The van der Waals surface area contributed by atoms with E-state index >= 15 is 0 Å². The molecule has 182 valence electrons. The molecule has 0 radical (unpaired) electrons. The predicted molar refractivity (Wildman–Crippen MR) is 140 cm³/mol. The minimum absolute atomic E-state index is 0.157. The van der Waals surface area contributed by atoms with Crippen molar-refractivity contribution in [2.75, 3.05) is 13.2 Å². The van der Waals surface area contributed by atoms with E-state index in [2.05, 4.69) is 78.9 Å². The maximum atomic E-state index is 12.9. The molecule has 6 heteroatoms. The summed E-state index contributed by atoms with van der Waals surface area (Å²) in [7, 11) is 0. The highest BCUT2D eigenvalue weighted by Crippen LogP contribution is 2.46. The van der Waals surface area contributed by atoms with Gasteiger partial charge < -0.3 is 9.47 Å². The first-order valence-corrected chi connectivity index (χ1v) is 12.7. The second-order valence-electron chi connectivity index (χ2n) is 10.5. The molecule has 0 aliphatic carbocycles. The Bertz CT molecular complexity index is 1210. The molecule has 0 saturated carbocycles. The van der Waals surface area contributed by atoms with Crippen molar-refractivity contribution in [1.29, 1.82) is 0 Å². The van der Waals surface area contributed by atoms with E-state index in [9.17, 15) is 4.79 Å². The maximum Gasteiger partial charge on any atom is 0.418 e. The summed E-state index contributed by atoms with van der Waals surface area (Å²) in [4.78, 5) is 15.4. The van der Waals surface area contributed by atoms with Gasteiger partial charge in [0.25, 0.3) is 0 Å². The van der Waals surface area contributed by atoms with Crippen LogP contribution in [0.1, 0.15) is 62.9 Å². The van der Waals surface area contributed by atoms with E-state index in [-0.39, 0.29) is 17.7 Å². The molecular formula is C28H35BrN2O3. The van der Waals surface area contributed by atoms with Crippen LogP contribution in [-0.4, -0.2) is 39.9 Å². The molecule has 2 unspecified atom stereocenters. The Balaban J connectivity index is 1.71. The molecule has 2 heterocycles. The minimum Gasteiger partial charge on any atom is -0.443 e. The summed E-state index contributed by atoms with van der Waals surface area (Å²) in [6.07, 6.45) is 1.49. The van der Waals surface area contributed by atoms with Gasteiger partial charge in [0, 0.05) is 35.8 Å². The molecule has 34 heavy (non-hydrogen) atoms. The number of rotatable bonds is 5. The standard InChI is InChI=1S/C28H35BrN2O3/c1-8-33-28(7)17-30(25(28)20-9-11-21(29)12-10-20)16-23-18(2)15-19(3)24-22(23)13-14-31(24)26(32)34-27(4,5)6/h9-15,25H,8,16-17H2,1-7H3. The number of carbonyl (C=O) groups is 1. The molecule has 0 spiro atoms. The third-order valence-corrected chi connectivity index (χ3v) is 7.09. The average Bonchev–Trinajstić information content (AvgIpc) is 3.16. The van der Waals surface area contributed by atoms with Crippen LogP contribution < -0.4 is 0 Å². The fourth-order valence-electron chi connectivity index (χ4n) is 5.31. The molecule has 0 N–H and O–H groups in total. The summed E-state index contributed by atoms with van der Waals surface area (Å²) in [5.41, 5.74) is 4.92. The van der Waals surface area contributed by atoms with Crippen LogP contribution in [0.2, 0.25) is 0 Å². The lowest BCUT2D eigenvalue weighted by Gasteiger charge is -2.55. The Kier molecular flexibility index (Phi) is 6.71. The van der Waals surface area contributed by atoms with Crippen molar-refractivity contribution in [3.8, 4) is 0 Å². The summed E-state index contributed by atoms with van der Waals surface area (Å²) in [6.45, 7) is 16.5. The van der Waals surface area contributed by atoms with E-state index in [1.165, 1.54) is 16.7 Å². The first-order valence-electron chi connectivity index (χ1n) is 11.9. The van der Waals surface area contributed by atoms with Crippen LogP contribution in [-0.2, 0) is 16.0 Å². The van der Waals surface area contributed by atoms with Gasteiger partial charge in [-0.05, 0) is 88.9 Å². The predicted octanol–water partition coefficient (Wildman–Crippen LogP) is 7.16. The van der Waals surface area contributed by atoms with Gasteiger partial charge in [-0.2, -0.15) is 0 Å².